The van der Waals surface area contributed by atoms with Crippen molar-refractivity contribution in [2.24, 2.45) is 11.8 Å². The molecule has 142 valence electrons. The zero-order valence-corrected chi connectivity index (χ0v) is 17.1. The van der Waals surface area contributed by atoms with E-state index >= 15 is 0 Å². The minimum atomic E-state index is -3.22. The molecule has 2 atom stereocenters. The number of hydrogen-bond donors (Lipinski definition) is 1. The summed E-state index contributed by atoms with van der Waals surface area (Å²) in [7, 11) is -3.22. The summed E-state index contributed by atoms with van der Waals surface area (Å²) >= 11 is 0. The number of fused-ring (bicyclic) bond motifs is 1. The molecular formula is C19H31ClN2O2S. The van der Waals surface area contributed by atoms with Gasteiger partial charge in [0.25, 0.3) is 0 Å². The molecule has 1 saturated carbocycles. The summed E-state index contributed by atoms with van der Waals surface area (Å²) in [5.41, 5.74) is 2.17. The Morgan fingerprint density at radius 2 is 1.88 bits per heavy atom. The highest BCUT2D eigenvalue weighted by atomic mass is 35.5. The third-order valence-corrected chi connectivity index (χ3v) is 6.55. The van der Waals surface area contributed by atoms with Crippen LogP contribution in [-0.4, -0.2) is 39.2 Å². The number of unbranched alkanes of at least 4 members (excludes halogenated alkanes) is 3. The highest BCUT2D eigenvalue weighted by molar-refractivity contribution is 7.92. The second kappa shape index (κ2) is 7.85. The summed E-state index contributed by atoms with van der Waals surface area (Å²) in [5.74, 6) is 1.44. The smallest absolute Gasteiger partial charge is 0.229 e. The van der Waals surface area contributed by atoms with Crippen LogP contribution in [0, 0.1) is 11.8 Å². The molecule has 2 fully saturated rings. The third kappa shape index (κ3) is 4.50. The number of halogens is 1. The fourth-order valence-corrected chi connectivity index (χ4v) is 5.02. The summed E-state index contributed by atoms with van der Waals surface area (Å²) in [6, 6.07) is 7.96. The molecule has 0 aromatic heterocycles. The maximum Gasteiger partial charge on any atom is 0.229 e. The lowest BCUT2D eigenvalue weighted by Gasteiger charge is -2.24. The van der Waals surface area contributed by atoms with Crippen molar-refractivity contribution in [3.8, 4) is 0 Å². The Kier molecular flexibility index (Phi) is 6.45. The number of likely N-dealkylation sites (tertiary alicyclic amines) is 1. The van der Waals surface area contributed by atoms with E-state index in [9.17, 15) is 8.42 Å². The second-order valence-electron chi connectivity index (χ2n) is 7.77. The summed E-state index contributed by atoms with van der Waals surface area (Å²) in [6.07, 6.45) is 6.50. The van der Waals surface area contributed by atoms with Crippen molar-refractivity contribution in [1.82, 2.24) is 4.90 Å². The van der Waals surface area contributed by atoms with E-state index in [0.29, 0.717) is 5.69 Å². The monoisotopic (exact) mass is 386 g/mol. The van der Waals surface area contributed by atoms with Crippen LogP contribution in [-0.2, 0) is 15.4 Å². The molecule has 6 heteroatoms. The van der Waals surface area contributed by atoms with E-state index in [2.05, 4.69) is 29.5 Å². The molecule has 1 aliphatic heterocycles. The van der Waals surface area contributed by atoms with Crippen LogP contribution in [0.4, 0.5) is 5.69 Å². The van der Waals surface area contributed by atoms with Crippen LogP contribution < -0.4 is 4.72 Å². The van der Waals surface area contributed by atoms with Crippen molar-refractivity contribution in [3.05, 3.63) is 29.8 Å². The number of benzene rings is 1. The van der Waals surface area contributed by atoms with E-state index in [4.69, 9.17) is 0 Å². The molecule has 0 amide bonds. The molecule has 1 aliphatic carbocycles. The number of sulfonamides is 1. The molecule has 1 aromatic carbocycles. The molecule has 1 N–H and O–H groups in total. The number of nitrogens with zero attached hydrogens (tertiary/aromatic N) is 1. The standard InChI is InChI=1S/C19H30N2O2S.ClH/c1-4-5-6-7-11-21-13-17-18(14-21)19(17,2)15-9-8-10-16(12-15)20-24(3,22)23;/h8-10,12,17-18,20H,4-7,11,13-14H2,1-3H3;1H. The fraction of sp³-hybridized carbons (Fsp3) is 0.684. The summed E-state index contributed by atoms with van der Waals surface area (Å²) in [6.45, 7) is 8.21. The molecule has 0 spiro atoms. The first-order chi connectivity index (χ1) is 11.3. The van der Waals surface area contributed by atoms with E-state index in [-0.39, 0.29) is 17.8 Å². The average Bonchev–Trinajstić information content (AvgIpc) is 2.88. The van der Waals surface area contributed by atoms with Gasteiger partial charge in [-0.1, -0.05) is 45.2 Å². The number of piperidine rings is 1. The summed E-state index contributed by atoms with van der Waals surface area (Å²) in [4.78, 5) is 2.62. The molecule has 4 nitrogen and oxygen atoms in total. The molecule has 0 radical (unpaired) electrons. The summed E-state index contributed by atoms with van der Waals surface area (Å²) in [5, 5.41) is 0. The molecule has 3 rings (SSSR count). The first kappa shape index (κ1) is 20.5. The molecule has 2 unspecified atom stereocenters. The van der Waals surface area contributed by atoms with Crippen molar-refractivity contribution in [1.29, 1.82) is 0 Å². The second-order valence-corrected chi connectivity index (χ2v) is 9.52. The van der Waals surface area contributed by atoms with Gasteiger partial charge in [0.2, 0.25) is 10.0 Å². The van der Waals surface area contributed by atoms with Gasteiger partial charge in [0, 0.05) is 24.2 Å². The van der Waals surface area contributed by atoms with E-state index in [0.717, 1.165) is 11.8 Å². The number of anilines is 1. The van der Waals surface area contributed by atoms with Crippen LogP contribution in [0.1, 0.15) is 45.1 Å². The highest BCUT2D eigenvalue weighted by Gasteiger charge is 2.65. The molecule has 25 heavy (non-hydrogen) atoms. The van der Waals surface area contributed by atoms with Crippen LogP contribution >= 0.6 is 12.4 Å². The number of nitrogens with one attached hydrogen (secondary N) is 1. The Labute approximate surface area is 158 Å². The van der Waals surface area contributed by atoms with E-state index < -0.39 is 10.0 Å². The van der Waals surface area contributed by atoms with Gasteiger partial charge in [-0.2, -0.15) is 0 Å². The number of rotatable bonds is 8. The first-order valence-electron chi connectivity index (χ1n) is 9.15. The van der Waals surface area contributed by atoms with E-state index in [1.807, 2.05) is 18.2 Å². The summed E-state index contributed by atoms with van der Waals surface area (Å²) < 4.78 is 25.5. The zero-order valence-electron chi connectivity index (χ0n) is 15.5. The Balaban J connectivity index is 0.00000225. The van der Waals surface area contributed by atoms with Crippen LogP contribution in [0.25, 0.3) is 0 Å². The Hall–Kier alpha value is -0.780. The molecule has 1 heterocycles. The van der Waals surface area contributed by atoms with Crippen molar-refractivity contribution in [2.75, 3.05) is 30.6 Å². The van der Waals surface area contributed by atoms with E-state index in [1.165, 1.54) is 57.1 Å². The third-order valence-electron chi connectivity index (χ3n) is 5.94. The minimum Gasteiger partial charge on any atom is -0.303 e. The number of hydrogen-bond acceptors (Lipinski definition) is 3. The maximum atomic E-state index is 11.4. The lowest BCUT2D eigenvalue weighted by molar-refractivity contribution is 0.271. The molecular weight excluding hydrogens is 356 g/mol. The molecule has 1 saturated heterocycles. The molecule has 0 bridgehead atoms. The van der Waals surface area contributed by atoms with Crippen molar-refractivity contribution >= 4 is 28.1 Å². The lowest BCUT2D eigenvalue weighted by Crippen LogP contribution is -2.29. The normalized spacial score (nSPS) is 28.3. The zero-order chi connectivity index (χ0) is 17.4. The largest absolute Gasteiger partial charge is 0.303 e. The van der Waals surface area contributed by atoms with Crippen LogP contribution in [0.5, 0.6) is 0 Å². The predicted octanol–water partition coefficient (Wildman–Crippen LogP) is 3.88. The van der Waals surface area contributed by atoms with Gasteiger partial charge in [0.05, 0.1) is 6.26 Å². The van der Waals surface area contributed by atoms with Crippen LogP contribution in [0.2, 0.25) is 0 Å². The Morgan fingerprint density at radius 1 is 1.20 bits per heavy atom. The molecule has 1 aromatic rings. The first-order valence-corrected chi connectivity index (χ1v) is 11.0. The minimum absolute atomic E-state index is 0. The lowest BCUT2D eigenvalue weighted by atomic mass is 9.92. The van der Waals surface area contributed by atoms with Crippen LogP contribution in [0.15, 0.2) is 24.3 Å². The van der Waals surface area contributed by atoms with Gasteiger partial charge < -0.3 is 4.90 Å². The van der Waals surface area contributed by atoms with Crippen molar-refractivity contribution < 1.29 is 8.42 Å². The topological polar surface area (TPSA) is 49.4 Å². The maximum absolute atomic E-state index is 11.4. The van der Waals surface area contributed by atoms with Crippen LogP contribution in [0.3, 0.4) is 0 Å². The SMILES string of the molecule is CCCCCCN1CC2C(C1)C2(C)c1cccc(NS(C)(=O)=O)c1.Cl. The van der Waals surface area contributed by atoms with Gasteiger partial charge in [0.15, 0.2) is 0 Å². The Bertz CT molecular complexity index is 680. The predicted molar refractivity (Wildman–Crippen MR) is 107 cm³/mol. The van der Waals surface area contributed by atoms with Gasteiger partial charge >= 0.3 is 0 Å². The van der Waals surface area contributed by atoms with Gasteiger partial charge in [-0.15, -0.1) is 12.4 Å². The fourth-order valence-electron chi connectivity index (χ4n) is 4.47. The quantitative estimate of drug-likeness (QED) is 0.689. The van der Waals surface area contributed by atoms with Crippen molar-refractivity contribution in [3.63, 3.8) is 0 Å². The average molecular weight is 387 g/mol. The van der Waals surface area contributed by atoms with Gasteiger partial charge in [-0.05, 0) is 42.5 Å². The van der Waals surface area contributed by atoms with Gasteiger partial charge in [0.1, 0.15) is 0 Å². The van der Waals surface area contributed by atoms with Gasteiger partial charge in [-0.3, -0.25) is 4.72 Å². The van der Waals surface area contributed by atoms with Crippen molar-refractivity contribution in [2.45, 2.75) is 44.9 Å². The Morgan fingerprint density at radius 3 is 2.48 bits per heavy atom. The van der Waals surface area contributed by atoms with Gasteiger partial charge in [-0.25, -0.2) is 8.42 Å². The molecule has 2 aliphatic rings. The van der Waals surface area contributed by atoms with E-state index in [1.54, 1.807) is 0 Å². The highest BCUT2D eigenvalue weighted by Crippen LogP contribution is 2.63.